The van der Waals surface area contributed by atoms with Crippen LogP contribution in [0, 0.1) is 0 Å². The second-order valence-electron chi connectivity index (χ2n) is 5.72. The Morgan fingerprint density at radius 2 is 2.04 bits per heavy atom. The lowest BCUT2D eigenvalue weighted by atomic mass is 10.2. The minimum absolute atomic E-state index is 0.0293. The molecule has 130 valence electrons. The molecular formula is C17H17N3O4S. The topological polar surface area (TPSA) is 99.6 Å². The summed E-state index contributed by atoms with van der Waals surface area (Å²) >= 11 is 1.23. The van der Waals surface area contributed by atoms with E-state index < -0.39 is 12.0 Å². The maximum absolute atomic E-state index is 12.3. The van der Waals surface area contributed by atoms with Gasteiger partial charge in [-0.05, 0) is 25.0 Å². The van der Waals surface area contributed by atoms with Gasteiger partial charge in [0, 0.05) is 17.5 Å². The lowest BCUT2D eigenvalue weighted by molar-refractivity contribution is -0.148. The van der Waals surface area contributed by atoms with E-state index in [1.165, 1.54) is 16.2 Å². The van der Waals surface area contributed by atoms with E-state index in [1.807, 2.05) is 6.07 Å². The van der Waals surface area contributed by atoms with Gasteiger partial charge in [0.05, 0.1) is 12.1 Å². The predicted octanol–water partition coefficient (Wildman–Crippen LogP) is 2.01. The molecule has 0 bridgehead atoms. The molecule has 3 rings (SSSR count). The quantitative estimate of drug-likeness (QED) is 0.851. The van der Waals surface area contributed by atoms with Crippen LogP contribution in [-0.2, 0) is 16.0 Å². The molecule has 1 aromatic heterocycles. The summed E-state index contributed by atoms with van der Waals surface area (Å²) in [5.74, 6) is -1.49. The van der Waals surface area contributed by atoms with E-state index in [9.17, 15) is 14.4 Å². The van der Waals surface area contributed by atoms with Gasteiger partial charge in [0.25, 0.3) is 5.91 Å². The third kappa shape index (κ3) is 4.03. The monoisotopic (exact) mass is 359 g/mol. The SMILES string of the molecule is O=C(Nc1nc(CC(=O)N2CCCC2C(=O)O)cs1)c1ccccc1. The molecule has 2 N–H and O–H groups in total. The molecule has 0 spiro atoms. The molecular weight excluding hydrogens is 342 g/mol. The van der Waals surface area contributed by atoms with Gasteiger partial charge in [-0.2, -0.15) is 0 Å². The van der Waals surface area contributed by atoms with E-state index in [0.717, 1.165) is 0 Å². The Balaban J connectivity index is 1.61. The number of likely N-dealkylation sites (tertiary alicyclic amines) is 1. The van der Waals surface area contributed by atoms with E-state index >= 15 is 0 Å². The van der Waals surface area contributed by atoms with Crippen molar-refractivity contribution in [3.8, 4) is 0 Å². The van der Waals surface area contributed by atoms with Crippen molar-refractivity contribution in [1.82, 2.24) is 9.88 Å². The molecule has 1 aliphatic rings. The second kappa shape index (κ2) is 7.43. The van der Waals surface area contributed by atoms with Crippen LogP contribution in [-0.4, -0.2) is 45.4 Å². The normalized spacial score (nSPS) is 16.6. The molecule has 1 unspecified atom stereocenters. The Bertz CT molecular complexity index is 790. The Kier molecular flexibility index (Phi) is 5.08. The third-order valence-electron chi connectivity index (χ3n) is 4.00. The molecule has 1 saturated heterocycles. The van der Waals surface area contributed by atoms with E-state index in [4.69, 9.17) is 5.11 Å². The largest absolute Gasteiger partial charge is 0.480 e. The van der Waals surface area contributed by atoms with Crippen molar-refractivity contribution in [2.75, 3.05) is 11.9 Å². The van der Waals surface area contributed by atoms with Crippen molar-refractivity contribution in [1.29, 1.82) is 0 Å². The number of anilines is 1. The Morgan fingerprint density at radius 1 is 1.28 bits per heavy atom. The number of amides is 2. The molecule has 2 heterocycles. The van der Waals surface area contributed by atoms with Gasteiger partial charge in [-0.15, -0.1) is 11.3 Å². The van der Waals surface area contributed by atoms with Gasteiger partial charge < -0.3 is 10.0 Å². The molecule has 2 amide bonds. The second-order valence-corrected chi connectivity index (χ2v) is 6.58. The van der Waals surface area contributed by atoms with Gasteiger partial charge in [-0.1, -0.05) is 18.2 Å². The van der Waals surface area contributed by atoms with Gasteiger partial charge in [-0.3, -0.25) is 14.9 Å². The molecule has 1 atom stereocenters. The number of rotatable bonds is 5. The van der Waals surface area contributed by atoms with Crippen LogP contribution in [0.5, 0.6) is 0 Å². The third-order valence-corrected chi connectivity index (χ3v) is 4.81. The van der Waals surface area contributed by atoms with Gasteiger partial charge in [0.2, 0.25) is 5.91 Å². The Labute approximate surface area is 148 Å². The van der Waals surface area contributed by atoms with Crippen LogP contribution in [0.1, 0.15) is 28.9 Å². The highest BCUT2D eigenvalue weighted by atomic mass is 32.1. The molecule has 1 fully saturated rings. The highest BCUT2D eigenvalue weighted by Crippen LogP contribution is 2.21. The standard InChI is InChI=1S/C17H17N3O4S/c21-14(20-8-4-7-13(20)16(23)24)9-12-10-25-17(18-12)19-15(22)11-5-2-1-3-6-11/h1-3,5-6,10,13H,4,7-9H2,(H,23,24)(H,18,19,22). The zero-order valence-corrected chi connectivity index (χ0v) is 14.2. The first kappa shape index (κ1) is 17.1. The lowest BCUT2D eigenvalue weighted by Crippen LogP contribution is -2.41. The summed E-state index contributed by atoms with van der Waals surface area (Å²) < 4.78 is 0. The van der Waals surface area contributed by atoms with Crippen LogP contribution in [0.25, 0.3) is 0 Å². The van der Waals surface area contributed by atoms with Gasteiger partial charge in [0.15, 0.2) is 5.13 Å². The number of aliphatic carboxylic acids is 1. The minimum Gasteiger partial charge on any atom is -0.480 e. The highest BCUT2D eigenvalue weighted by Gasteiger charge is 2.33. The molecule has 25 heavy (non-hydrogen) atoms. The fraction of sp³-hybridized carbons (Fsp3) is 0.294. The number of benzene rings is 1. The summed E-state index contributed by atoms with van der Waals surface area (Å²) in [6.45, 7) is 0.456. The number of nitrogens with one attached hydrogen (secondary N) is 1. The van der Waals surface area contributed by atoms with Gasteiger partial charge >= 0.3 is 5.97 Å². The molecule has 1 aliphatic heterocycles. The number of nitrogens with zero attached hydrogens (tertiary/aromatic N) is 2. The van der Waals surface area contributed by atoms with E-state index in [0.29, 0.717) is 35.8 Å². The van der Waals surface area contributed by atoms with Crippen LogP contribution in [0.3, 0.4) is 0 Å². The number of hydrogen-bond donors (Lipinski definition) is 2. The summed E-state index contributed by atoms with van der Waals surface area (Å²) in [6, 6.07) is 8.03. The molecule has 7 nitrogen and oxygen atoms in total. The van der Waals surface area contributed by atoms with E-state index in [2.05, 4.69) is 10.3 Å². The molecule has 0 aliphatic carbocycles. The summed E-state index contributed by atoms with van der Waals surface area (Å²) in [7, 11) is 0. The van der Waals surface area contributed by atoms with Crippen LogP contribution < -0.4 is 5.32 Å². The van der Waals surface area contributed by atoms with Crippen LogP contribution >= 0.6 is 11.3 Å². The van der Waals surface area contributed by atoms with Crippen molar-refractivity contribution in [3.05, 3.63) is 47.0 Å². The molecule has 1 aromatic carbocycles. The smallest absolute Gasteiger partial charge is 0.326 e. The average molecular weight is 359 g/mol. The number of thiazole rings is 1. The van der Waals surface area contributed by atoms with Crippen molar-refractivity contribution in [2.45, 2.75) is 25.3 Å². The first-order valence-corrected chi connectivity index (χ1v) is 8.75. The van der Waals surface area contributed by atoms with Crippen molar-refractivity contribution in [3.63, 3.8) is 0 Å². The summed E-state index contributed by atoms with van der Waals surface area (Å²) in [6.07, 6.45) is 1.20. The fourth-order valence-corrected chi connectivity index (χ4v) is 3.49. The Hall–Kier alpha value is -2.74. The lowest BCUT2D eigenvalue weighted by Gasteiger charge is -2.20. The number of carbonyl (C=O) groups excluding carboxylic acids is 2. The summed E-state index contributed by atoms with van der Waals surface area (Å²) in [5, 5.41) is 14.0. The minimum atomic E-state index is -0.972. The highest BCUT2D eigenvalue weighted by molar-refractivity contribution is 7.14. The number of aromatic nitrogens is 1. The summed E-state index contributed by atoms with van der Waals surface area (Å²) in [5.41, 5.74) is 1.05. The maximum atomic E-state index is 12.3. The van der Waals surface area contributed by atoms with Crippen LogP contribution in [0.15, 0.2) is 35.7 Å². The average Bonchev–Trinajstić information content (AvgIpc) is 3.25. The fourth-order valence-electron chi connectivity index (χ4n) is 2.78. The number of carbonyl (C=O) groups is 3. The molecule has 8 heteroatoms. The van der Waals surface area contributed by atoms with Crippen molar-refractivity contribution in [2.24, 2.45) is 0 Å². The van der Waals surface area contributed by atoms with Crippen molar-refractivity contribution >= 4 is 34.3 Å². The maximum Gasteiger partial charge on any atom is 0.326 e. The summed E-state index contributed by atoms with van der Waals surface area (Å²) in [4.78, 5) is 41.2. The van der Waals surface area contributed by atoms with E-state index in [1.54, 1.807) is 29.6 Å². The molecule has 0 saturated carbocycles. The van der Waals surface area contributed by atoms with Gasteiger partial charge in [0.1, 0.15) is 6.04 Å². The number of hydrogen-bond acceptors (Lipinski definition) is 5. The zero-order chi connectivity index (χ0) is 17.8. The first-order chi connectivity index (χ1) is 12.0. The van der Waals surface area contributed by atoms with Crippen molar-refractivity contribution < 1.29 is 19.5 Å². The van der Waals surface area contributed by atoms with E-state index in [-0.39, 0.29) is 18.2 Å². The van der Waals surface area contributed by atoms with Crippen LogP contribution in [0.4, 0.5) is 5.13 Å². The predicted molar refractivity (Wildman–Crippen MR) is 92.6 cm³/mol. The van der Waals surface area contributed by atoms with Gasteiger partial charge in [-0.25, -0.2) is 9.78 Å². The molecule has 2 aromatic rings. The zero-order valence-electron chi connectivity index (χ0n) is 13.3. The Morgan fingerprint density at radius 3 is 2.76 bits per heavy atom. The first-order valence-electron chi connectivity index (χ1n) is 7.87. The molecule has 0 radical (unpaired) electrons. The number of carboxylic acid groups (broad SMARTS) is 1. The van der Waals surface area contributed by atoms with Crippen LogP contribution in [0.2, 0.25) is 0 Å². The number of carboxylic acids is 1.